The highest BCUT2D eigenvalue weighted by Gasteiger charge is 2.15. The molecule has 1 fully saturated rings. The highest BCUT2D eigenvalue weighted by Crippen LogP contribution is 2.31. The number of aromatic amines is 1. The van der Waals surface area contributed by atoms with Crippen molar-refractivity contribution in [3.8, 4) is 28.6 Å². The molecule has 1 N–H and O–H groups in total. The molecule has 8 nitrogen and oxygen atoms in total. The highest BCUT2D eigenvalue weighted by atomic mass is 16.5. The van der Waals surface area contributed by atoms with E-state index in [9.17, 15) is 4.79 Å². The fourth-order valence-corrected chi connectivity index (χ4v) is 4.04. The number of fused-ring (bicyclic) bond motifs is 1. The Labute approximate surface area is 187 Å². The molecule has 1 aliphatic rings. The molecule has 0 saturated carbocycles. The number of nitrogens with zero attached hydrogens (tertiary/aromatic N) is 2. The van der Waals surface area contributed by atoms with E-state index >= 15 is 0 Å². The molecule has 0 bridgehead atoms. The number of hydrogen-bond donors (Lipinski definition) is 1. The monoisotopic (exact) mass is 439 g/mol. The number of H-pyrrole nitrogens is 1. The van der Waals surface area contributed by atoms with E-state index in [0.29, 0.717) is 34.8 Å². The fraction of sp³-hybridized carbons (Fsp3) is 0.417. The summed E-state index contributed by atoms with van der Waals surface area (Å²) in [6.45, 7) is 8.94. The third-order valence-corrected chi connectivity index (χ3v) is 5.69. The number of hydrogen-bond acceptors (Lipinski definition) is 7. The molecule has 0 spiro atoms. The molecule has 0 radical (unpaired) electrons. The largest absolute Gasteiger partial charge is 0.497 e. The standard InChI is InChI=1S/C24H29N3O5/c1-15-11-17(12-16(2)22(15)32-10-7-27-5-8-31-9-6-27)23-25-19-13-18(29-3)14-20(30-4)21(19)24(28)26-23/h11-14H,5-10H2,1-4H3,(H,25,26,28). The second-order valence-corrected chi connectivity index (χ2v) is 7.88. The Morgan fingerprint density at radius 1 is 1.06 bits per heavy atom. The van der Waals surface area contributed by atoms with Gasteiger partial charge in [0.2, 0.25) is 0 Å². The Morgan fingerprint density at radius 3 is 2.44 bits per heavy atom. The first-order valence-electron chi connectivity index (χ1n) is 10.7. The molecular weight excluding hydrogens is 410 g/mol. The van der Waals surface area contributed by atoms with Crippen molar-refractivity contribution in [1.82, 2.24) is 14.9 Å². The van der Waals surface area contributed by atoms with Gasteiger partial charge in [-0.05, 0) is 37.1 Å². The van der Waals surface area contributed by atoms with E-state index in [1.807, 2.05) is 26.0 Å². The quantitative estimate of drug-likeness (QED) is 0.606. The number of rotatable bonds is 7. The molecule has 0 unspecified atom stereocenters. The molecule has 1 saturated heterocycles. The van der Waals surface area contributed by atoms with Gasteiger partial charge < -0.3 is 23.9 Å². The summed E-state index contributed by atoms with van der Waals surface area (Å²) in [6, 6.07) is 7.38. The average Bonchev–Trinajstić information content (AvgIpc) is 2.80. The van der Waals surface area contributed by atoms with Crippen molar-refractivity contribution in [1.29, 1.82) is 0 Å². The normalized spacial score (nSPS) is 14.5. The van der Waals surface area contributed by atoms with Crippen LogP contribution >= 0.6 is 0 Å². The number of ether oxygens (including phenoxy) is 4. The van der Waals surface area contributed by atoms with Crippen LogP contribution in [0.2, 0.25) is 0 Å². The van der Waals surface area contributed by atoms with Gasteiger partial charge >= 0.3 is 0 Å². The van der Waals surface area contributed by atoms with Crippen LogP contribution in [0.25, 0.3) is 22.3 Å². The first-order chi connectivity index (χ1) is 15.5. The summed E-state index contributed by atoms with van der Waals surface area (Å²) in [4.78, 5) is 22.7. The molecule has 2 aromatic carbocycles. The lowest BCUT2D eigenvalue weighted by molar-refractivity contribution is 0.0322. The molecule has 1 aromatic heterocycles. The minimum Gasteiger partial charge on any atom is -0.497 e. The molecule has 2 heterocycles. The van der Waals surface area contributed by atoms with Crippen molar-refractivity contribution in [3.05, 3.63) is 45.7 Å². The minimum atomic E-state index is -0.259. The summed E-state index contributed by atoms with van der Waals surface area (Å²) in [6.07, 6.45) is 0. The fourth-order valence-electron chi connectivity index (χ4n) is 4.04. The Hall–Kier alpha value is -3.10. The van der Waals surface area contributed by atoms with Crippen LogP contribution in [0, 0.1) is 13.8 Å². The molecular formula is C24H29N3O5. The van der Waals surface area contributed by atoms with Gasteiger partial charge in [-0.3, -0.25) is 9.69 Å². The van der Waals surface area contributed by atoms with E-state index in [2.05, 4.69) is 14.9 Å². The van der Waals surface area contributed by atoms with Gasteiger partial charge in [0, 0.05) is 37.3 Å². The van der Waals surface area contributed by atoms with E-state index in [4.69, 9.17) is 18.9 Å². The van der Waals surface area contributed by atoms with Crippen LogP contribution in [0.5, 0.6) is 17.2 Å². The highest BCUT2D eigenvalue weighted by molar-refractivity contribution is 5.87. The van der Waals surface area contributed by atoms with Gasteiger partial charge in [-0.2, -0.15) is 0 Å². The number of benzene rings is 2. The van der Waals surface area contributed by atoms with Gasteiger partial charge in [-0.1, -0.05) is 0 Å². The van der Waals surface area contributed by atoms with Gasteiger partial charge in [-0.15, -0.1) is 0 Å². The predicted octanol–water partition coefficient (Wildman–Crippen LogP) is 2.94. The maximum Gasteiger partial charge on any atom is 0.262 e. The Balaban J connectivity index is 1.61. The zero-order valence-electron chi connectivity index (χ0n) is 19.0. The second-order valence-electron chi connectivity index (χ2n) is 7.88. The molecule has 3 aromatic rings. The predicted molar refractivity (Wildman–Crippen MR) is 123 cm³/mol. The van der Waals surface area contributed by atoms with E-state index in [0.717, 1.165) is 55.3 Å². The zero-order chi connectivity index (χ0) is 22.7. The van der Waals surface area contributed by atoms with Gasteiger partial charge in [0.1, 0.15) is 35.1 Å². The molecule has 1 aliphatic heterocycles. The second kappa shape index (κ2) is 9.58. The van der Waals surface area contributed by atoms with E-state index in [-0.39, 0.29) is 5.56 Å². The van der Waals surface area contributed by atoms with E-state index in [1.165, 1.54) is 7.11 Å². The Morgan fingerprint density at radius 2 is 1.78 bits per heavy atom. The van der Waals surface area contributed by atoms with Crippen molar-refractivity contribution in [3.63, 3.8) is 0 Å². The summed E-state index contributed by atoms with van der Waals surface area (Å²) in [5.41, 5.74) is 3.06. The summed E-state index contributed by atoms with van der Waals surface area (Å²) < 4.78 is 22.2. The minimum absolute atomic E-state index is 0.259. The lowest BCUT2D eigenvalue weighted by atomic mass is 10.0. The number of aromatic nitrogens is 2. The van der Waals surface area contributed by atoms with Crippen LogP contribution in [-0.4, -0.2) is 68.5 Å². The lowest BCUT2D eigenvalue weighted by Crippen LogP contribution is -2.38. The zero-order valence-corrected chi connectivity index (χ0v) is 19.0. The van der Waals surface area contributed by atoms with E-state index < -0.39 is 0 Å². The maximum atomic E-state index is 12.8. The van der Waals surface area contributed by atoms with Crippen molar-refractivity contribution in [2.75, 3.05) is 53.7 Å². The third kappa shape index (κ3) is 4.56. The Bertz CT molecular complexity index is 1150. The van der Waals surface area contributed by atoms with Crippen LogP contribution in [0.1, 0.15) is 11.1 Å². The maximum absolute atomic E-state index is 12.8. The molecule has 0 aliphatic carbocycles. The summed E-state index contributed by atoms with van der Waals surface area (Å²) in [5.74, 6) is 2.36. The smallest absolute Gasteiger partial charge is 0.262 e. The van der Waals surface area contributed by atoms with Gasteiger partial charge in [0.25, 0.3) is 5.56 Å². The molecule has 0 amide bonds. The first-order valence-corrected chi connectivity index (χ1v) is 10.7. The van der Waals surface area contributed by atoms with Crippen LogP contribution in [0.15, 0.2) is 29.1 Å². The first kappa shape index (κ1) is 22.1. The summed E-state index contributed by atoms with van der Waals surface area (Å²) >= 11 is 0. The van der Waals surface area contributed by atoms with E-state index in [1.54, 1.807) is 19.2 Å². The number of morpholine rings is 1. The molecule has 4 rings (SSSR count). The summed E-state index contributed by atoms with van der Waals surface area (Å²) in [7, 11) is 3.09. The van der Waals surface area contributed by atoms with Crippen LogP contribution in [-0.2, 0) is 4.74 Å². The topological polar surface area (TPSA) is 85.9 Å². The number of aryl methyl sites for hydroxylation is 2. The summed E-state index contributed by atoms with van der Waals surface area (Å²) in [5, 5.41) is 0.397. The van der Waals surface area contributed by atoms with Crippen molar-refractivity contribution < 1.29 is 18.9 Å². The van der Waals surface area contributed by atoms with Crippen LogP contribution in [0.3, 0.4) is 0 Å². The average molecular weight is 440 g/mol. The molecule has 32 heavy (non-hydrogen) atoms. The van der Waals surface area contributed by atoms with Crippen LogP contribution in [0.4, 0.5) is 0 Å². The molecule has 8 heteroatoms. The molecule has 0 atom stereocenters. The number of nitrogens with one attached hydrogen (secondary N) is 1. The van der Waals surface area contributed by atoms with Crippen molar-refractivity contribution in [2.24, 2.45) is 0 Å². The van der Waals surface area contributed by atoms with Crippen LogP contribution < -0.4 is 19.8 Å². The van der Waals surface area contributed by atoms with Gasteiger partial charge in [-0.25, -0.2) is 4.98 Å². The SMILES string of the molecule is COc1cc(OC)c2c(=O)[nH]c(-c3cc(C)c(OCCN4CCOCC4)c(C)c3)nc2c1. The third-order valence-electron chi connectivity index (χ3n) is 5.69. The lowest BCUT2D eigenvalue weighted by Gasteiger charge is -2.26. The molecule has 170 valence electrons. The van der Waals surface area contributed by atoms with Gasteiger partial charge in [0.05, 0.1) is 33.0 Å². The Kier molecular flexibility index (Phi) is 6.62. The van der Waals surface area contributed by atoms with Crippen molar-refractivity contribution in [2.45, 2.75) is 13.8 Å². The number of methoxy groups -OCH3 is 2. The van der Waals surface area contributed by atoms with Crippen molar-refractivity contribution >= 4 is 10.9 Å². The van der Waals surface area contributed by atoms with Gasteiger partial charge in [0.15, 0.2) is 0 Å².